The SMILES string of the molecule is COC(=O)[C@H]1CCCCN1S(=O)(=O)c1ccc(C)cc1C. The number of hydrogen-bond donors (Lipinski definition) is 0. The van der Waals surface area contributed by atoms with Crippen LogP contribution in [0.4, 0.5) is 0 Å². The zero-order chi connectivity index (χ0) is 15.6. The van der Waals surface area contributed by atoms with Gasteiger partial charge >= 0.3 is 5.97 Å². The molecular formula is C15H21NO4S. The Morgan fingerprint density at radius 3 is 2.62 bits per heavy atom. The molecule has 0 amide bonds. The van der Waals surface area contributed by atoms with Crippen molar-refractivity contribution in [3.05, 3.63) is 29.3 Å². The molecule has 0 unspecified atom stereocenters. The van der Waals surface area contributed by atoms with Gasteiger partial charge in [-0.3, -0.25) is 4.79 Å². The van der Waals surface area contributed by atoms with Gasteiger partial charge in [0.15, 0.2) is 0 Å². The largest absolute Gasteiger partial charge is 0.468 e. The fraction of sp³-hybridized carbons (Fsp3) is 0.533. The molecule has 1 aliphatic rings. The molecule has 116 valence electrons. The van der Waals surface area contributed by atoms with Gasteiger partial charge in [-0.2, -0.15) is 4.31 Å². The number of esters is 1. The summed E-state index contributed by atoms with van der Waals surface area (Å²) in [6.45, 7) is 4.05. The van der Waals surface area contributed by atoms with E-state index in [1.807, 2.05) is 13.0 Å². The Bertz CT molecular complexity index is 639. The van der Waals surface area contributed by atoms with Gasteiger partial charge in [0.05, 0.1) is 12.0 Å². The molecule has 21 heavy (non-hydrogen) atoms. The summed E-state index contributed by atoms with van der Waals surface area (Å²) in [4.78, 5) is 12.1. The number of carbonyl (C=O) groups excluding carboxylic acids is 1. The van der Waals surface area contributed by atoms with Gasteiger partial charge < -0.3 is 4.74 Å². The van der Waals surface area contributed by atoms with Crippen molar-refractivity contribution in [3.8, 4) is 0 Å². The molecule has 2 rings (SSSR count). The third-order valence-corrected chi connectivity index (χ3v) is 5.91. The summed E-state index contributed by atoms with van der Waals surface area (Å²) >= 11 is 0. The molecule has 1 aromatic carbocycles. The summed E-state index contributed by atoms with van der Waals surface area (Å²) in [5, 5.41) is 0. The first-order chi connectivity index (χ1) is 9.87. The number of aryl methyl sites for hydroxylation is 2. The van der Waals surface area contributed by atoms with Gasteiger partial charge in [-0.05, 0) is 44.7 Å². The van der Waals surface area contributed by atoms with Gasteiger partial charge in [-0.1, -0.05) is 17.7 Å². The Labute approximate surface area is 126 Å². The summed E-state index contributed by atoms with van der Waals surface area (Å²) in [6, 6.07) is 4.51. The van der Waals surface area contributed by atoms with Crippen molar-refractivity contribution in [1.29, 1.82) is 0 Å². The molecule has 0 spiro atoms. The van der Waals surface area contributed by atoms with Gasteiger partial charge in [0.2, 0.25) is 10.0 Å². The topological polar surface area (TPSA) is 63.7 Å². The van der Waals surface area contributed by atoms with E-state index in [1.54, 1.807) is 19.1 Å². The van der Waals surface area contributed by atoms with Gasteiger partial charge in [0.1, 0.15) is 6.04 Å². The summed E-state index contributed by atoms with van der Waals surface area (Å²) in [5.41, 5.74) is 1.71. The second-order valence-corrected chi connectivity index (χ2v) is 7.28. The molecule has 0 aliphatic carbocycles. The zero-order valence-corrected chi connectivity index (χ0v) is 13.4. The van der Waals surface area contributed by atoms with Crippen LogP contribution in [-0.4, -0.2) is 38.4 Å². The van der Waals surface area contributed by atoms with E-state index >= 15 is 0 Å². The molecule has 5 nitrogen and oxygen atoms in total. The molecule has 0 bridgehead atoms. The molecule has 1 saturated heterocycles. The average molecular weight is 311 g/mol. The lowest BCUT2D eigenvalue weighted by molar-refractivity contribution is -0.146. The van der Waals surface area contributed by atoms with Crippen LogP contribution in [-0.2, 0) is 19.6 Å². The molecule has 0 N–H and O–H groups in total. The number of methoxy groups -OCH3 is 1. The lowest BCUT2D eigenvalue weighted by Crippen LogP contribution is -2.48. The predicted molar refractivity (Wildman–Crippen MR) is 79.5 cm³/mol. The minimum Gasteiger partial charge on any atom is -0.468 e. The summed E-state index contributed by atoms with van der Waals surface area (Å²) in [5.74, 6) is -0.483. The smallest absolute Gasteiger partial charge is 0.324 e. The van der Waals surface area contributed by atoms with Crippen LogP contribution in [0.5, 0.6) is 0 Å². The van der Waals surface area contributed by atoms with E-state index in [9.17, 15) is 13.2 Å². The Morgan fingerprint density at radius 2 is 2.00 bits per heavy atom. The first-order valence-corrected chi connectivity index (χ1v) is 8.49. The third kappa shape index (κ3) is 3.11. The number of piperidine rings is 1. The highest BCUT2D eigenvalue weighted by Crippen LogP contribution is 2.28. The molecule has 1 fully saturated rings. The maximum Gasteiger partial charge on any atom is 0.324 e. The first-order valence-electron chi connectivity index (χ1n) is 7.05. The molecule has 0 aromatic heterocycles. The van der Waals surface area contributed by atoms with Crippen molar-refractivity contribution >= 4 is 16.0 Å². The second-order valence-electron chi connectivity index (χ2n) is 5.42. The van der Waals surface area contributed by atoms with Crippen molar-refractivity contribution in [2.45, 2.75) is 44.0 Å². The van der Waals surface area contributed by atoms with Crippen LogP contribution in [0.1, 0.15) is 30.4 Å². The molecule has 0 saturated carbocycles. The van der Waals surface area contributed by atoms with Crippen LogP contribution in [0.15, 0.2) is 23.1 Å². The number of ether oxygens (including phenoxy) is 1. The molecule has 1 aliphatic heterocycles. The van der Waals surface area contributed by atoms with Crippen molar-refractivity contribution in [3.63, 3.8) is 0 Å². The predicted octanol–water partition coefficient (Wildman–Crippen LogP) is 2.02. The first kappa shape index (κ1) is 16.0. The molecule has 1 heterocycles. The van der Waals surface area contributed by atoms with Gasteiger partial charge in [0.25, 0.3) is 0 Å². The molecule has 1 aromatic rings. The van der Waals surface area contributed by atoms with Crippen molar-refractivity contribution in [1.82, 2.24) is 4.31 Å². The summed E-state index contributed by atoms with van der Waals surface area (Å²) in [6.07, 6.45) is 2.10. The normalized spacial score (nSPS) is 20.2. The second kappa shape index (κ2) is 6.15. The van der Waals surface area contributed by atoms with E-state index < -0.39 is 22.0 Å². The van der Waals surface area contributed by atoms with Gasteiger partial charge in [-0.25, -0.2) is 8.42 Å². The fourth-order valence-electron chi connectivity index (χ4n) is 2.78. The number of rotatable bonds is 3. The molecular weight excluding hydrogens is 290 g/mol. The van der Waals surface area contributed by atoms with Crippen LogP contribution in [0, 0.1) is 13.8 Å². The monoisotopic (exact) mass is 311 g/mol. The highest BCUT2D eigenvalue weighted by Gasteiger charge is 2.38. The zero-order valence-electron chi connectivity index (χ0n) is 12.6. The minimum atomic E-state index is -3.68. The quantitative estimate of drug-likeness (QED) is 0.801. The van der Waals surface area contributed by atoms with E-state index in [0.29, 0.717) is 18.5 Å². The molecule has 6 heteroatoms. The van der Waals surface area contributed by atoms with E-state index in [0.717, 1.165) is 18.4 Å². The molecule has 0 radical (unpaired) electrons. The van der Waals surface area contributed by atoms with Gasteiger partial charge in [-0.15, -0.1) is 0 Å². The van der Waals surface area contributed by atoms with Crippen molar-refractivity contribution in [2.75, 3.05) is 13.7 Å². The molecule has 1 atom stereocenters. The van der Waals surface area contributed by atoms with Crippen molar-refractivity contribution < 1.29 is 17.9 Å². The lowest BCUT2D eigenvalue weighted by atomic mass is 10.1. The number of carbonyl (C=O) groups is 1. The van der Waals surface area contributed by atoms with Crippen LogP contribution in [0.3, 0.4) is 0 Å². The van der Waals surface area contributed by atoms with Crippen LogP contribution in [0.2, 0.25) is 0 Å². The third-order valence-electron chi connectivity index (χ3n) is 3.84. The van der Waals surface area contributed by atoms with E-state index in [-0.39, 0.29) is 4.90 Å². The van der Waals surface area contributed by atoms with Crippen LogP contribution in [0.25, 0.3) is 0 Å². The van der Waals surface area contributed by atoms with Crippen LogP contribution >= 0.6 is 0 Å². The fourth-order valence-corrected chi connectivity index (χ4v) is 4.63. The van der Waals surface area contributed by atoms with E-state index in [2.05, 4.69) is 0 Å². The number of hydrogen-bond acceptors (Lipinski definition) is 4. The Morgan fingerprint density at radius 1 is 1.29 bits per heavy atom. The average Bonchev–Trinajstić information content (AvgIpc) is 2.46. The van der Waals surface area contributed by atoms with E-state index in [1.165, 1.54) is 11.4 Å². The summed E-state index contributed by atoms with van der Waals surface area (Å²) in [7, 11) is -2.39. The maximum atomic E-state index is 12.9. The highest BCUT2D eigenvalue weighted by molar-refractivity contribution is 7.89. The lowest BCUT2D eigenvalue weighted by Gasteiger charge is -2.33. The van der Waals surface area contributed by atoms with Crippen molar-refractivity contribution in [2.24, 2.45) is 0 Å². The maximum absolute atomic E-state index is 12.9. The Hall–Kier alpha value is -1.40. The number of sulfonamides is 1. The standard InChI is InChI=1S/C15H21NO4S/c1-11-7-8-14(12(2)10-11)21(18,19)16-9-5-4-6-13(16)15(17)20-3/h7-8,10,13H,4-6,9H2,1-3H3/t13-/m1/s1. The Balaban J connectivity index is 2.43. The number of benzene rings is 1. The van der Waals surface area contributed by atoms with E-state index in [4.69, 9.17) is 4.74 Å². The van der Waals surface area contributed by atoms with Gasteiger partial charge in [0, 0.05) is 6.54 Å². The number of nitrogens with zero attached hydrogens (tertiary/aromatic N) is 1. The Kier molecular flexibility index (Phi) is 4.68. The summed E-state index contributed by atoms with van der Waals surface area (Å²) < 4.78 is 31.8. The minimum absolute atomic E-state index is 0.268. The van der Waals surface area contributed by atoms with Crippen LogP contribution < -0.4 is 0 Å². The highest BCUT2D eigenvalue weighted by atomic mass is 32.2.